The Morgan fingerprint density at radius 3 is 2.75 bits per heavy atom. The molecule has 4 rings (SSSR count). The monoisotopic (exact) mass is 377 g/mol. The molecule has 146 valence electrons. The highest BCUT2D eigenvalue weighted by Gasteiger charge is 2.31. The summed E-state index contributed by atoms with van der Waals surface area (Å²) in [7, 11) is 0. The Morgan fingerprint density at radius 1 is 1.21 bits per heavy atom. The maximum Gasteiger partial charge on any atom is 0.223 e. The average molecular weight is 377 g/mol. The third-order valence-electron chi connectivity index (χ3n) is 5.44. The minimum Gasteiger partial charge on any atom is -0.492 e. The van der Waals surface area contributed by atoms with Crippen LogP contribution in [0.3, 0.4) is 0 Å². The van der Waals surface area contributed by atoms with Crippen LogP contribution in [-0.4, -0.2) is 22.1 Å². The average Bonchev–Trinajstić information content (AvgIpc) is 3.47. The van der Waals surface area contributed by atoms with Gasteiger partial charge in [0.15, 0.2) is 0 Å². The van der Waals surface area contributed by atoms with Gasteiger partial charge in [-0.1, -0.05) is 18.2 Å². The van der Waals surface area contributed by atoms with Crippen molar-refractivity contribution in [3.63, 3.8) is 0 Å². The summed E-state index contributed by atoms with van der Waals surface area (Å²) in [6.45, 7) is 7.40. The fraction of sp³-hybridized carbons (Fsp3) is 0.391. The largest absolute Gasteiger partial charge is 0.492 e. The number of carbonyl (C=O) groups excluding carboxylic acids is 1. The lowest BCUT2D eigenvalue weighted by Crippen LogP contribution is -2.30. The molecule has 1 N–H and O–H groups in total. The zero-order valence-corrected chi connectivity index (χ0v) is 16.7. The summed E-state index contributed by atoms with van der Waals surface area (Å²) >= 11 is 0. The molecule has 0 radical (unpaired) electrons. The Hall–Kier alpha value is -2.82. The Labute approximate surface area is 165 Å². The zero-order chi connectivity index (χ0) is 19.7. The van der Waals surface area contributed by atoms with Gasteiger partial charge in [0.1, 0.15) is 18.2 Å². The van der Waals surface area contributed by atoms with Crippen LogP contribution in [0.4, 0.5) is 0 Å². The van der Waals surface area contributed by atoms with E-state index in [1.54, 1.807) is 0 Å². The summed E-state index contributed by atoms with van der Waals surface area (Å²) in [4.78, 5) is 17.0. The summed E-state index contributed by atoms with van der Waals surface area (Å²) in [6, 6.07) is 14.1. The van der Waals surface area contributed by atoms with Gasteiger partial charge in [-0.15, -0.1) is 0 Å². The van der Waals surface area contributed by atoms with E-state index in [2.05, 4.69) is 41.9 Å². The number of para-hydroxylation sites is 2. The Kier molecular flexibility index (Phi) is 5.07. The number of carbonyl (C=O) groups is 1. The number of hydrogen-bond acceptors (Lipinski definition) is 3. The van der Waals surface area contributed by atoms with Crippen LogP contribution in [0, 0.1) is 19.8 Å². The highest BCUT2D eigenvalue weighted by molar-refractivity contribution is 5.81. The number of fused-ring (bicyclic) bond motifs is 1. The summed E-state index contributed by atoms with van der Waals surface area (Å²) in [5, 5.41) is 3.12. The first-order valence-electron chi connectivity index (χ1n) is 9.98. The Bertz CT molecular complexity index is 1000. The first kappa shape index (κ1) is 18.5. The normalized spacial score (nSPS) is 14.8. The van der Waals surface area contributed by atoms with E-state index >= 15 is 0 Å². The highest BCUT2D eigenvalue weighted by Crippen LogP contribution is 2.30. The van der Waals surface area contributed by atoms with Gasteiger partial charge in [-0.2, -0.15) is 0 Å². The lowest BCUT2D eigenvalue weighted by molar-refractivity contribution is -0.123. The second kappa shape index (κ2) is 7.66. The summed E-state index contributed by atoms with van der Waals surface area (Å²) in [5.74, 6) is 2.08. The maximum absolute atomic E-state index is 12.2. The van der Waals surface area contributed by atoms with E-state index in [0.717, 1.165) is 35.4 Å². The molecule has 1 aliphatic carbocycles. The molecule has 1 amide bonds. The molecule has 0 aliphatic heterocycles. The fourth-order valence-corrected chi connectivity index (χ4v) is 3.46. The molecule has 1 aliphatic rings. The summed E-state index contributed by atoms with van der Waals surface area (Å²) in [6.07, 6.45) is 2.00. The molecule has 3 aromatic rings. The van der Waals surface area contributed by atoms with Gasteiger partial charge < -0.3 is 14.6 Å². The second-order valence-electron chi connectivity index (χ2n) is 7.71. The standard InChI is InChI=1S/C23H27N3O2/c1-15-8-11-19(14-16(15)2)28-13-12-26-21-7-5-4-6-20(21)25-22(26)17(3)24-23(27)18-9-10-18/h4-8,11,14,17-18H,9-10,12-13H2,1-3H3,(H,24,27). The predicted molar refractivity (Wildman–Crippen MR) is 110 cm³/mol. The number of ether oxygens (including phenoxy) is 1. The van der Waals surface area contributed by atoms with Crippen molar-refractivity contribution in [2.24, 2.45) is 5.92 Å². The van der Waals surface area contributed by atoms with Crippen molar-refractivity contribution >= 4 is 16.9 Å². The van der Waals surface area contributed by atoms with Gasteiger partial charge in [-0.3, -0.25) is 4.79 Å². The second-order valence-corrected chi connectivity index (χ2v) is 7.71. The van der Waals surface area contributed by atoms with E-state index in [-0.39, 0.29) is 17.9 Å². The maximum atomic E-state index is 12.2. The molecule has 1 aromatic heterocycles. The first-order valence-corrected chi connectivity index (χ1v) is 9.98. The third-order valence-corrected chi connectivity index (χ3v) is 5.44. The molecule has 0 saturated heterocycles. The smallest absolute Gasteiger partial charge is 0.223 e. The van der Waals surface area contributed by atoms with Crippen molar-refractivity contribution in [3.8, 4) is 5.75 Å². The van der Waals surface area contributed by atoms with Gasteiger partial charge >= 0.3 is 0 Å². The lowest BCUT2D eigenvalue weighted by Gasteiger charge is -2.17. The number of benzene rings is 2. The number of imidazole rings is 1. The Balaban J connectivity index is 1.52. The lowest BCUT2D eigenvalue weighted by atomic mass is 10.1. The van der Waals surface area contributed by atoms with Gasteiger partial charge in [0.2, 0.25) is 5.91 Å². The van der Waals surface area contributed by atoms with Crippen LogP contribution in [0.25, 0.3) is 11.0 Å². The zero-order valence-electron chi connectivity index (χ0n) is 16.7. The van der Waals surface area contributed by atoms with E-state index in [0.29, 0.717) is 13.2 Å². The van der Waals surface area contributed by atoms with E-state index in [4.69, 9.17) is 9.72 Å². The predicted octanol–water partition coefficient (Wildman–Crippen LogP) is 4.32. The van der Waals surface area contributed by atoms with Gasteiger partial charge in [-0.05, 0) is 69.0 Å². The topological polar surface area (TPSA) is 56.1 Å². The number of aryl methyl sites for hydroxylation is 2. The van der Waals surface area contributed by atoms with Crippen molar-refractivity contribution in [1.82, 2.24) is 14.9 Å². The van der Waals surface area contributed by atoms with Crippen LogP contribution in [0.2, 0.25) is 0 Å². The van der Waals surface area contributed by atoms with Gasteiger partial charge in [-0.25, -0.2) is 4.98 Å². The SMILES string of the molecule is Cc1ccc(OCCn2c(C(C)NC(=O)C3CC3)nc3ccccc32)cc1C. The van der Waals surface area contributed by atoms with Crippen LogP contribution in [0.1, 0.15) is 42.8 Å². The molecule has 5 nitrogen and oxygen atoms in total. The minimum absolute atomic E-state index is 0.137. The van der Waals surface area contributed by atoms with Crippen molar-refractivity contribution < 1.29 is 9.53 Å². The third kappa shape index (κ3) is 3.88. The highest BCUT2D eigenvalue weighted by atomic mass is 16.5. The van der Waals surface area contributed by atoms with Crippen LogP contribution < -0.4 is 10.1 Å². The molecular weight excluding hydrogens is 350 g/mol. The van der Waals surface area contributed by atoms with Gasteiger partial charge in [0.05, 0.1) is 23.6 Å². The van der Waals surface area contributed by atoms with Crippen LogP contribution in [-0.2, 0) is 11.3 Å². The molecule has 1 atom stereocenters. The number of aromatic nitrogens is 2. The molecule has 1 heterocycles. The Morgan fingerprint density at radius 2 is 2.00 bits per heavy atom. The van der Waals surface area contributed by atoms with Crippen molar-refractivity contribution in [1.29, 1.82) is 0 Å². The number of nitrogens with zero attached hydrogens (tertiary/aromatic N) is 2. The van der Waals surface area contributed by atoms with Gasteiger partial charge in [0.25, 0.3) is 0 Å². The van der Waals surface area contributed by atoms with Crippen LogP contribution in [0.5, 0.6) is 5.75 Å². The molecule has 28 heavy (non-hydrogen) atoms. The van der Waals surface area contributed by atoms with E-state index in [1.807, 2.05) is 31.2 Å². The number of hydrogen-bond donors (Lipinski definition) is 1. The number of amides is 1. The molecule has 0 bridgehead atoms. The van der Waals surface area contributed by atoms with E-state index < -0.39 is 0 Å². The van der Waals surface area contributed by atoms with Gasteiger partial charge in [0, 0.05) is 5.92 Å². The molecule has 0 spiro atoms. The number of rotatable bonds is 7. The van der Waals surface area contributed by atoms with Crippen molar-refractivity contribution in [2.75, 3.05) is 6.61 Å². The molecule has 1 unspecified atom stereocenters. The summed E-state index contributed by atoms with van der Waals surface area (Å²) in [5.41, 5.74) is 4.49. The molecule has 2 aromatic carbocycles. The molecular formula is C23H27N3O2. The minimum atomic E-state index is -0.137. The van der Waals surface area contributed by atoms with E-state index in [9.17, 15) is 4.79 Å². The van der Waals surface area contributed by atoms with Crippen LogP contribution >= 0.6 is 0 Å². The number of nitrogens with one attached hydrogen (secondary N) is 1. The van der Waals surface area contributed by atoms with Crippen LogP contribution in [0.15, 0.2) is 42.5 Å². The van der Waals surface area contributed by atoms with Crippen molar-refractivity contribution in [3.05, 3.63) is 59.4 Å². The van der Waals surface area contributed by atoms with Crippen molar-refractivity contribution in [2.45, 2.75) is 46.2 Å². The summed E-state index contributed by atoms with van der Waals surface area (Å²) < 4.78 is 8.15. The quantitative estimate of drug-likeness (QED) is 0.667. The molecule has 5 heteroatoms. The molecule has 1 fully saturated rings. The first-order chi connectivity index (χ1) is 13.5. The molecule has 1 saturated carbocycles. The fourth-order valence-electron chi connectivity index (χ4n) is 3.46. The van der Waals surface area contributed by atoms with E-state index in [1.165, 1.54) is 11.1 Å².